The van der Waals surface area contributed by atoms with E-state index in [1.165, 1.54) is 4.90 Å². The number of hydrogen-bond donors (Lipinski definition) is 1. The topological polar surface area (TPSA) is 66.1 Å². The number of hydrogen-bond acceptors (Lipinski definition) is 3. The Bertz CT molecular complexity index is 636. The quantitative estimate of drug-likeness (QED) is 0.861. The van der Waals surface area contributed by atoms with Crippen LogP contribution in [-0.2, 0) is 21.5 Å². The maximum Gasteiger partial charge on any atom is 0.240 e. The van der Waals surface area contributed by atoms with Crippen molar-refractivity contribution in [2.24, 2.45) is 0 Å². The number of imide groups is 1. The Kier molecular flexibility index (Phi) is 2.89. The number of likely N-dealkylation sites (tertiary alicyclic amines) is 1. The van der Waals surface area contributed by atoms with Gasteiger partial charge in [0.1, 0.15) is 0 Å². The van der Waals surface area contributed by atoms with Crippen molar-refractivity contribution in [3.63, 3.8) is 0 Å². The number of nitrogens with one attached hydrogen (secondary N) is 1. The Morgan fingerprint density at radius 1 is 1.25 bits per heavy atom. The minimum atomic E-state index is -0.766. The Labute approximate surface area is 116 Å². The van der Waals surface area contributed by atoms with Gasteiger partial charge in [0.05, 0.1) is 17.7 Å². The molecule has 0 bridgehead atoms. The van der Waals surface area contributed by atoms with Crippen LogP contribution in [0.2, 0.25) is 0 Å². The molecule has 0 aliphatic carbocycles. The third kappa shape index (κ3) is 1.91. The van der Waals surface area contributed by atoms with E-state index in [0.717, 1.165) is 11.3 Å². The molecule has 0 radical (unpaired) electrons. The number of carbonyl (C=O) groups excluding carboxylic acids is 2. The van der Waals surface area contributed by atoms with Gasteiger partial charge in [-0.1, -0.05) is 30.3 Å². The van der Waals surface area contributed by atoms with Gasteiger partial charge in [-0.25, -0.2) is 0 Å². The van der Waals surface area contributed by atoms with Crippen molar-refractivity contribution in [3.8, 4) is 0 Å². The molecular weight excluding hydrogens is 254 g/mol. The van der Waals surface area contributed by atoms with E-state index < -0.39 is 5.41 Å². The van der Waals surface area contributed by atoms with Crippen molar-refractivity contribution in [3.05, 3.63) is 53.9 Å². The Morgan fingerprint density at radius 2 is 2.00 bits per heavy atom. The Balaban J connectivity index is 1.90. The molecule has 20 heavy (non-hydrogen) atoms. The van der Waals surface area contributed by atoms with E-state index in [9.17, 15) is 9.59 Å². The summed E-state index contributed by atoms with van der Waals surface area (Å²) >= 11 is 0. The summed E-state index contributed by atoms with van der Waals surface area (Å²) in [4.78, 5) is 26.1. The first-order valence-corrected chi connectivity index (χ1v) is 6.50. The third-order valence-corrected chi connectivity index (χ3v) is 3.82. The van der Waals surface area contributed by atoms with Gasteiger partial charge in [-0.15, -0.1) is 0 Å². The number of nitrogens with zero attached hydrogens (tertiary/aromatic N) is 2. The molecule has 2 heterocycles. The lowest BCUT2D eigenvalue weighted by atomic mass is 9.81. The summed E-state index contributed by atoms with van der Waals surface area (Å²) in [6, 6.07) is 11.2. The Morgan fingerprint density at radius 3 is 2.65 bits per heavy atom. The number of aromatic amines is 1. The summed E-state index contributed by atoms with van der Waals surface area (Å²) < 4.78 is 0. The SMILES string of the molecule is CC1(c2ccccc2)CC(=O)N(Cc2ccn[nH]2)C1=O. The van der Waals surface area contributed by atoms with E-state index in [1.54, 1.807) is 12.3 Å². The first-order valence-electron chi connectivity index (χ1n) is 6.50. The van der Waals surface area contributed by atoms with Crippen molar-refractivity contribution in [1.29, 1.82) is 0 Å². The smallest absolute Gasteiger partial charge is 0.240 e. The van der Waals surface area contributed by atoms with Gasteiger partial charge >= 0.3 is 0 Å². The molecule has 2 amide bonds. The van der Waals surface area contributed by atoms with Crippen LogP contribution < -0.4 is 0 Å². The highest BCUT2D eigenvalue weighted by Gasteiger charge is 2.49. The van der Waals surface area contributed by atoms with E-state index in [0.29, 0.717) is 0 Å². The van der Waals surface area contributed by atoms with Crippen LogP contribution in [0.1, 0.15) is 24.6 Å². The van der Waals surface area contributed by atoms with Crippen molar-refractivity contribution < 1.29 is 9.59 Å². The lowest BCUT2D eigenvalue weighted by Crippen LogP contribution is -2.36. The zero-order chi connectivity index (χ0) is 14.2. The summed E-state index contributed by atoms with van der Waals surface area (Å²) in [5.41, 5.74) is 0.868. The van der Waals surface area contributed by atoms with Gasteiger partial charge in [-0.2, -0.15) is 5.10 Å². The van der Waals surface area contributed by atoms with Crippen LogP contribution in [0, 0.1) is 0 Å². The first-order chi connectivity index (χ1) is 9.61. The molecule has 1 aliphatic rings. The van der Waals surface area contributed by atoms with Crippen LogP contribution in [0.3, 0.4) is 0 Å². The summed E-state index contributed by atoms with van der Waals surface area (Å²) in [6.45, 7) is 2.08. The lowest BCUT2D eigenvalue weighted by molar-refractivity contribution is -0.140. The summed E-state index contributed by atoms with van der Waals surface area (Å²) in [6.07, 6.45) is 1.82. The first kappa shape index (κ1) is 12.6. The zero-order valence-electron chi connectivity index (χ0n) is 11.2. The molecule has 1 N–H and O–H groups in total. The summed E-state index contributed by atoms with van der Waals surface area (Å²) in [5, 5.41) is 6.61. The molecule has 1 unspecified atom stereocenters. The number of H-pyrrole nitrogens is 1. The maximum absolute atomic E-state index is 12.6. The van der Waals surface area contributed by atoms with Crippen molar-refractivity contribution in [2.45, 2.75) is 25.3 Å². The maximum atomic E-state index is 12.6. The molecule has 5 heteroatoms. The number of aromatic nitrogens is 2. The lowest BCUT2D eigenvalue weighted by Gasteiger charge is -2.22. The van der Waals surface area contributed by atoms with Crippen LogP contribution in [0.4, 0.5) is 0 Å². The number of benzene rings is 1. The van der Waals surface area contributed by atoms with Gasteiger partial charge in [0.25, 0.3) is 0 Å². The average molecular weight is 269 g/mol. The molecule has 3 rings (SSSR count). The molecule has 102 valence electrons. The van der Waals surface area contributed by atoms with Gasteiger partial charge in [0.2, 0.25) is 11.8 Å². The summed E-state index contributed by atoms with van der Waals surface area (Å²) in [5.74, 6) is -0.292. The third-order valence-electron chi connectivity index (χ3n) is 3.82. The molecule has 1 saturated heterocycles. The number of carbonyl (C=O) groups is 2. The van der Waals surface area contributed by atoms with Gasteiger partial charge in [0.15, 0.2) is 0 Å². The molecule has 5 nitrogen and oxygen atoms in total. The van der Waals surface area contributed by atoms with Crippen LogP contribution in [0.25, 0.3) is 0 Å². The highest BCUT2D eigenvalue weighted by atomic mass is 16.2. The van der Waals surface area contributed by atoms with Gasteiger partial charge in [0, 0.05) is 12.6 Å². The number of rotatable bonds is 3. The highest BCUT2D eigenvalue weighted by molar-refractivity contribution is 6.08. The molecule has 1 aromatic heterocycles. The minimum absolute atomic E-state index is 0.143. The molecule has 1 aromatic carbocycles. The van der Waals surface area contributed by atoms with E-state index >= 15 is 0 Å². The second kappa shape index (κ2) is 4.59. The predicted octanol–water partition coefficient (Wildman–Crippen LogP) is 1.63. The standard InChI is InChI=1S/C15H15N3O2/c1-15(11-5-3-2-4-6-11)9-13(19)18(14(15)20)10-12-7-8-16-17-12/h2-8H,9-10H2,1H3,(H,16,17). The molecule has 0 saturated carbocycles. The average Bonchev–Trinajstić information content (AvgIpc) is 3.04. The highest BCUT2D eigenvalue weighted by Crippen LogP contribution is 2.36. The predicted molar refractivity (Wildman–Crippen MR) is 72.6 cm³/mol. The second-order valence-corrected chi connectivity index (χ2v) is 5.24. The van der Waals surface area contributed by atoms with Crippen molar-refractivity contribution in [1.82, 2.24) is 15.1 Å². The molecule has 1 aliphatic heterocycles. The van der Waals surface area contributed by atoms with E-state index in [-0.39, 0.29) is 24.8 Å². The minimum Gasteiger partial charge on any atom is -0.281 e. The Hall–Kier alpha value is -2.43. The molecule has 2 aromatic rings. The van der Waals surface area contributed by atoms with Gasteiger partial charge < -0.3 is 0 Å². The fraction of sp³-hybridized carbons (Fsp3) is 0.267. The van der Waals surface area contributed by atoms with Crippen molar-refractivity contribution in [2.75, 3.05) is 0 Å². The fourth-order valence-corrected chi connectivity index (χ4v) is 2.62. The van der Waals surface area contributed by atoms with Crippen LogP contribution >= 0.6 is 0 Å². The largest absolute Gasteiger partial charge is 0.281 e. The van der Waals surface area contributed by atoms with Crippen LogP contribution in [0.15, 0.2) is 42.6 Å². The molecule has 1 fully saturated rings. The monoisotopic (exact) mass is 269 g/mol. The number of amides is 2. The molecule has 0 spiro atoms. The molecule has 1 atom stereocenters. The van der Waals surface area contributed by atoms with Gasteiger partial charge in [-0.3, -0.25) is 19.6 Å². The van der Waals surface area contributed by atoms with Gasteiger partial charge in [-0.05, 0) is 18.6 Å². The normalized spacial score (nSPS) is 22.6. The summed E-state index contributed by atoms with van der Waals surface area (Å²) in [7, 11) is 0. The van der Waals surface area contributed by atoms with E-state index in [4.69, 9.17) is 0 Å². The van der Waals surface area contributed by atoms with E-state index in [2.05, 4.69) is 10.2 Å². The van der Waals surface area contributed by atoms with Crippen LogP contribution in [-0.4, -0.2) is 26.9 Å². The van der Waals surface area contributed by atoms with E-state index in [1.807, 2.05) is 37.3 Å². The zero-order valence-corrected chi connectivity index (χ0v) is 11.2. The fourth-order valence-electron chi connectivity index (χ4n) is 2.62. The van der Waals surface area contributed by atoms with Crippen molar-refractivity contribution >= 4 is 11.8 Å². The molecular formula is C15H15N3O2. The second-order valence-electron chi connectivity index (χ2n) is 5.24. The van der Waals surface area contributed by atoms with Crippen LogP contribution in [0.5, 0.6) is 0 Å².